The molecule has 0 spiro atoms. The van der Waals surface area contributed by atoms with Crippen molar-refractivity contribution in [1.82, 2.24) is 10.1 Å². The number of aromatic nitrogens is 2. The lowest BCUT2D eigenvalue weighted by Crippen LogP contribution is -1.91. The molecule has 0 N–H and O–H groups in total. The zero-order valence-corrected chi connectivity index (χ0v) is 7.29. The van der Waals surface area contributed by atoms with Crippen molar-refractivity contribution in [1.29, 1.82) is 0 Å². The van der Waals surface area contributed by atoms with Crippen molar-refractivity contribution >= 4 is 0 Å². The lowest BCUT2D eigenvalue weighted by Gasteiger charge is -1.97. The lowest BCUT2D eigenvalue weighted by atomic mass is 10.2. The Bertz CT molecular complexity index is 447. The highest BCUT2D eigenvalue weighted by Crippen LogP contribution is 2.22. The van der Waals surface area contributed by atoms with Crippen molar-refractivity contribution in [2.75, 3.05) is 0 Å². The zero-order valence-electron chi connectivity index (χ0n) is 7.29. The van der Waals surface area contributed by atoms with Crippen molar-refractivity contribution in [3.8, 4) is 11.4 Å². The first-order chi connectivity index (χ1) is 6.68. The fourth-order valence-corrected chi connectivity index (χ4v) is 1.11. The molecule has 1 heterocycles. The summed E-state index contributed by atoms with van der Waals surface area (Å²) >= 11 is 0. The fourth-order valence-electron chi connectivity index (χ4n) is 1.11. The van der Waals surface area contributed by atoms with Crippen LogP contribution >= 0.6 is 0 Å². The van der Waals surface area contributed by atoms with Gasteiger partial charge in [0.1, 0.15) is 11.6 Å². The number of hydrogen-bond donors (Lipinski definition) is 0. The van der Waals surface area contributed by atoms with Crippen molar-refractivity contribution < 1.29 is 13.3 Å². The van der Waals surface area contributed by atoms with Crippen molar-refractivity contribution in [2.24, 2.45) is 0 Å². The molecule has 1 aromatic heterocycles. The summed E-state index contributed by atoms with van der Waals surface area (Å²) in [5, 5.41) is 3.44. The van der Waals surface area contributed by atoms with E-state index in [0.29, 0.717) is 0 Å². The number of nitrogens with zero attached hydrogens (tertiary/aromatic N) is 2. The van der Waals surface area contributed by atoms with Gasteiger partial charge in [0, 0.05) is 6.92 Å². The Hall–Kier alpha value is -1.78. The first-order valence-corrected chi connectivity index (χ1v) is 3.93. The van der Waals surface area contributed by atoms with E-state index in [1.54, 1.807) is 6.92 Å². The number of rotatable bonds is 1. The molecule has 0 amide bonds. The van der Waals surface area contributed by atoms with Crippen LogP contribution in [0.2, 0.25) is 0 Å². The van der Waals surface area contributed by atoms with Gasteiger partial charge < -0.3 is 4.52 Å². The fraction of sp³-hybridized carbons (Fsp3) is 0.111. The molecule has 0 aliphatic heterocycles. The molecular formula is C9H6F2N2O. The Kier molecular flexibility index (Phi) is 1.99. The average molecular weight is 196 g/mol. The highest BCUT2D eigenvalue weighted by molar-refractivity contribution is 5.55. The molecular weight excluding hydrogens is 190 g/mol. The molecule has 5 heteroatoms. The predicted octanol–water partition coefficient (Wildman–Crippen LogP) is 2.32. The molecule has 3 nitrogen and oxygen atoms in total. The minimum atomic E-state index is -0.703. The number of hydrogen-bond acceptors (Lipinski definition) is 3. The maximum absolute atomic E-state index is 13.2. The van der Waals surface area contributed by atoms with Crippen LogP contribution < -0.4 is 0 Å². The standard InChI is InChI=1S/C9H6F2N2O/c1-5-12-9(13-14-5)8-6(10)3-2-4-7(8)11/h2-4H,1H3. The van der Waals surface area contributed by atoms with Crippen molar-refractivity contribution in [3.05, 3.63) is 35.7 Å². The molecule has 0 saturated heterocycles. The summed E-state index contributed by atoms with van der Waals surface area (Å²) in [4.78, 5) is 3.74. The molecule has 14 heavy (non-hydrogen) atoms. The second-order valence-electron chi connectivity index (χ2n) is 2.73. The van der Waals surface area contributed by atoms with E-state index in [-0.39, 0.29) is 17.3 Å². The SMILES string of the molecule is Cc1nc(-c2c(F)cccc2F)no1. The minimum absolute atomic E-state index is 0.0712. The van der Waals surface area contributed by atoms with E-state index in [0.717, 1.165) is 12.1 Å². The van der Waals surface area contributed by atoms with Crippen LogP contribution in [0.25, 0.3) is 11.4 Å². The monoisotopic (exact) mass is 196 g/mol. The van der Waals surface area contributed by atoms with Gasteiger partial charge in [-0.1, -0.05) is 11.2 Å². The zero-order chi connectivity index (χ0) is 10.1. The van der Waals surface area contributed by atoms with E-state index in [4.69, 9.17) is 0 Å². The van der Waals surface area contributed by atoms with Gasteiger partial charge in [-0.05, 0) is 12.1 Å². The maximum Gasteiger partial charge on any atom is 0.223 e. The van der Waals surface area contributed by atoms with Crippen LogP contribution in [0, 0.1) is 18.6 Å². The summed E-state index contributed by atoms with van der Waals surface area (Å²) in [6.45, 7) is 1.55. The highest BCUT2D eigenvalue weighted by atomic mass is 19.1. The van der Waals surface area contributed by atoms with Gasteiger partial charge >= 0.3 is 0 Å². The van der Waals surface area contributed by atoms with Crippen LogP contribution in [0.4, 0.5) is 8.78 Å². The normalized spacial score (nSPS) is 10.5. The van der Waals surface area contributed by atoms with E-state index in [9.17, 15) is 8.78 Å². The molecule has 0 saturated carbocycles. The summed E-state index contributed by atoms with van der Waals surface area (Å²) in [5.41, 5.74) is -0.260. The molecule has 0 aliphatic rings. The molecule has 0 unspecified atom stereocenters. The number of benzene rings is 1. The topological polar surface area (TPSA) is 38.9 Å². The van der Waals surface area contributed by atoms with Crippen LogP contribution in [0.1, 0.15) is 5.89 Å². The second kappa shape index (κ2) is 3.17. The van der Waals surface area contributed by atoms with Gasteiger partial charge in [-0.15, -0.1) is 0 Å². The average Bonchev–Trinajstić information content (AvgIpc) is 2.51. The van der Waals surface area contributed by atoms with Crippen molar-refractivity contribution in [3.63, 3.8) is 0 Å². The van der Waals surface area contributed by atoms with E-state index in [1.807, 2.05) is 0 Å². The quantitative estimate of drug-likeness (QED) is 0.702. The number of aryl methyl sites for hydroxylation is 1. The highest BCUT2D eigenvalue weighted by Gasteiger charge is 2.15. The first kappa shape index (κ1) is 8.80. The summed E-state index contributed by atoms with van der Waals surface area (Å²) in [6, 6.07) is 3.56. The van der Waals surface area contributed by atoms with Crippen LogP contribution in [0.5, 0.6) is 0 Å². The Morgan fingerprint density at radius 2 is 1.86 bits per heavy atom. The van der Waals surface area contributed by atoms with E-state index in [2.05, 4.69) is 14.7 Å². The van der Waals surface area contributed by atoms with Gasteiger partial charge in [0.25, 0.3) is 0 Å². The van der Waals surface area contributed by atoms with Gasteiger partial charge in [0.15, 0.2) is 0 Å². The van der Waals surface area contributed by atoms with Gasteiger partial charge in [-0.3, -0.25) is 0 Å². The summed E-state index contributed by atoms with van der Waals surface area (Å²) in [7, 11) is 0. The smallest absolute Gasteiger partial charge is 0.223 e. The molecule has 0 aliphatic carbocycles. The van der Waals surface area contributed by atoms with Crippen LogP contribution in [0.15, 0.2) is 22.7 Å². The summed E-state index contributed by atoms with van der Waals surface area (Å²) in [6.07, 6.45) is 0. The number of halogens is 2. The Balaban J connectivity index is 2.61. The van der Waals surface area contributed by atoms with E-state index < -0.39 is 11.6 Å². The lowest BCUT2D eigenvalue weighted by molar-refractivity contribution is 0.393. The van der Waals surface area contributed by atoms with Gasteiger partial charge in [0.05, 0.1) is 5.56 Å². The van der Waals surface area contributed by atoms with Crippen molar-refractivity contribution in [2.45, 2.75) is 6.92 Å². The Labute approximate surface area is 78.4 Å². The molecule has 1 aromatic carbocycles. The molecule has 2 aromatic rings. The molecule has 0 radical (unpaired) electrons. The molecule has 72 valence electrons. The Morgan fingerprint density at radius 3 is 2.36 bits per heavy atom. The van der Waals surface area contributed by atoms with Gasteiger partial charge in [-0.2, -0.15) is 4.98 Å². The second-order valence-corrected chi connectivity index (χ2v) is 2.73. The van der Waals surface area contributed by atoms with E-state index in [1.165, 1.54) is 6.07 Å². The molecule has 0 fully saturated rings. The van der Waals surface area contributed by atoms with Crippen LogP contribution in [-0.4, -0.2) is 10.1 Å². The van der Waals surface area contributed by atoms with E-state index >= 15 is 0 Å². The third-order valence-electron chi connectivity index (χ3n) is 1.71. The first-order valence-electron chi connectivity index (χ1n) is 3.93. The van der Waals surface area contributed by atoms with Gasteiger partial charge in [-0.25, -0.2) is 8.78 Å². The minimum Gasteiger partial charge on any atom is -0.339 e. The van der Waals surface area contributed by atoms with Gasteiger partial charge in [0.2, 0.25) is 11.7 Å². The summed E-state index contributed by atoms with van der Waals surface area (Å²) < 4.78 is 31.0. The van der Waals surface area contributed by atoms with Crippen LogP contribution in [-0.2, 0) is 0 Å². The third kappa shape index (κ3) is 1.37. The molecule has 0 atom stereocenters. The molecule has 2 rings (SSSR count). The van der Waals surface area contributed by atoms with Crippen LogP contribution in [0.3, 0.4) is 0 Å². The predicted molar refractivity (Wildman–Crippen MR) is 44.4 cm³/mol. The third-order valence-corrected chi connectivity index (χ3v) is 1.71. The maximum atomic E-state index is 13.2. The Morgan fingerprint density at radius 1 is 1.21 bits per heavy atom. The largest absolute Gasteiger partial charge is 0.339 e. The molecule has 0 bridgehead atoms. The summed E-state index contributed by atoms with van der Waals surface area (Å²) in [5.74, 6) is -1.21.